The van der Waals surface area contributed by atoms with Crippen molar-refractivity contribution in [3.05, 3.63) is 114 Å². The number of hydrogen-bond donors (Lipinski definition) is 6. The van der Waals surface area contributed by atoms with Crippen LogP contribution in [0.1, 0.15) is 32.7 Å². The largest absolute Gasteiger partial charge is 0.370 e. The third-order valence-electron chi connectivity index (χ3n) is 6.30. The highest BCUT2D eigenvalue weighted by Crippen LogP contribution is 2.20. The van der Waals surface area contributed by atoms with Crippen LogP contribution < -0.4 is 27.0 Å². The van der Waals surface area contributed by atoms with E-state index in [1.54, 1.807) is 36.4 Å². The molecule has 9 nitrogen and oxygen atoms in total. The van der Waals surface area contributed by atoms with Gasteiger partial charge in [-0.2, -0.15) is 0 Å². The van der Waals surface area contributed by atoms with E-state index in [1.807, 2.05) is 60.7 Å². The summed E-state index contributed by atoms with van der Waals surface area (Å²) in [6.45, 7) is 0.786. The van der Waals surface area contributed by atoms with E-state index in [9.17, 15) is 14.4 Å². The molecule has 4 aromatic rings. The predicted molar refractivity (Wildman–Crippen MR) is 157 cm³/mol. The molecule has 0 saturated heterocycles. The smallest absolute Gasteiger partial charge is 0.255 e. The zero-order chi connectivity index (χ0) is 28.3. The fraction of sp³-hybridized carbons (Fsp3) is 0.161. The summed E-state index contributed by atoms with van der Waals surface area (Å²) in [5.41, 5.74) is 7.23. The molecule has 0 fully saturated rings. The van der Waals surface area contributed by atoms with Gasteiger partial charge in [0.25, 0.3) is 11.8 Å². The Labute approximate surface area is 232 Å². The number of benzene rings is 4. The van der Waals surface area contributed by atoms with E-state index in [2.05, 4.69) is 21.3 Å². The predicted octanol–water partition coefficient (Wildman–Crippen LogP) is 3.42. The first kappa shape index (κ1) is 27.8. The van der Waals surface area contributed by atoms with Crippen molar-refractivity contribution < 1.29 is 14.4 Å². The van der Waals surface area contributed by atoms with Gasteiger partial charge in [-0.05, 0) is 47.0 Å². The average molecular weight is 537 g/mol. The Hall–Kier alpha value is -5.18. The summed E-state index contributed by atoms with van der Waals surface area (Å²) in [6.07, 6.45) is 0.844. The minimum atomic E-state index is -0.847. The molecule has 7 N–H and O–H groups in total. The van der Waals surface area contributed by atoms with E-state index in [0.717, 1.165) is 16.3 Å². The molecule has 9 heteroatoms. The van der Waals surface area contributed by atoms with E-state index in [1.165, 1.54) is 0 Å². The topological polar surface area (TPSA) is 149 Å². The minimum absolute atomic E-state index is 0.132. The molecule has 0 radical (unpaired) electrons. The summed E-state index contributed by atoms with van der Waals surface area (Å²) >= 11 is 0. The van der Waals surface area contributed by atoms with Crippen molar-refractivity contribution in [2.45, 2.75) is 18.9 Å². The standard InChI is InChI=1S/C31H32N6O3/c32-31(33)35-18-8-17-34-30(40)27(19-21-9-2-1-3-10-21)37-29(39)25-13-6-7-14-26(25)36-28(38)24-16-15-22-11-4-5-12-23(22)20-24/h1-7,9-16,20,27H,8,17-19H2,(H,34,40)(H,36,38)(H,37,39)(H4,32,33,35)/t27-/m0/s1. The molecule has 0 aliphatic rings. The lowest BCUT2D eigenvalue weighted by atomic mass is 10.0. The van der Waals surface area contributed by atoms with Crippen molar-refractivity contribution in [1.82, 2.24) is 16.0 Å². The van der Waals surface area contributed by atoms with Gasteiger partial charge in [0.05, 0.1) is 11.3 Å². The van der Waals surface area contributed by atoms with Crippen LogP contribution in [-0.2, 0) is 11.2 Å². The summed E-state index contributed by atoms with van der Waals surface area (Å²) in [5.74, 6) is -1.29. The summed E-state index contributed by atoms with van der Waals surface area (Å²) < 4.78 is 0. The second-order valence-corrected chi connectivity index (χ2v) is 9.26. The molecular formula is C31H32N6O3. The summed E-state index contributed by atoms with van der Waals surface area (Å²) in [7, 11) is 0. The summed E-state index contributed by atoms with van der Waals surface area (Å²) in [5, 5.41) is 20.4. The Bertz CT molecular complexity index is 1510. The molecule has 1 atom stereocenters. The molecule has 4 rings (SSSR count). The second kappa shape index (κ2) is 13.6. The lowest BCUT2D eigenvalue weighted by molar-refractivity contribution is -0.122. The van der Waals surface area contributed by atoms with Crippen LogP contribution in [0.3, 0.4) is 0 Å². The van der Waals surface area contributed by atoms with Gasteiger partial charge in [-0.25, -0.2) is 0 Å². The molecule has 40 heavy (non-hydrogen) atoms. The van der Waals surface area contributed by atoms with E-state index in [4.69, 9.17) is 11.1 Å². The number of amides is 3. The van der Waals surface area contributed by atoms with Crippen LogP contribution in [0.15, 0.2) is 97.1 Å². The number of carbonyl (C=O) groups is 3. The van der Waals surface area contributed by atoms with Gasteiger partial charge >= 0.3 is 0 Å². The number of guanidine groups is 1. The fourth-order valence-corrected chi connectivity index (χ4v) is 4.26. The number of carbonyl (C=O) groups excluding carboxylic acids is 3. The first-order valence-corrected chi connectivity index (χ1v) is 13.0. The number of hydrogen-bond acceptors (Lipinski definition) is 4. The zero-order valence-corrected chi connectivity index (χ0v) is 21.9. The Balaban J connectivity index is 1.47. The first-order valence-electron chi connectivity index (χ1n) is 13.0. The number of nitrogens with one attached hydrogen (secondary N) is 5. The number of rotatable bonds is 11. The van der Waals surface area contributed by atoms with Crippen LogP contribution in [-0.4, -0.2) is 42.8 Å². The highest BCUT2D eigenvalue weighted by Gasteiger charge is 2.23. The molecule has 3 amide bonds. The van der Waals surface area contributed by atoms with Crippen LogP contribution >= 0.6 is 0 Å². The molecule has 0 aromatic heterocycles. The van der Waals surface area contributed by atoms with Gasteiger partial charge in [0.1, 0.15) is 6.04 Å². The van der Waals surface area contributed by atoms with Crippen LogP contribution in [0, 0.1) is 5.41 Å². The number of fused-ring (bicyclic) bond motifs is 1. The van der Waals surface area contributed by atoms with Crippen LogP contribution in [0.2, 0.25) is 0 Å². The van der Waals surface area contributed by atoms with Crippen LogP contribution in [0.4, 0.5) is 5.69 Å². The van der Waals surface area contributed by atoms with E-state index in [-0.39, 0.29) is 29.8 Å². The van der Waals surface area contributed by atoms with Gasteiger partial charge in [0, 0.05) is 25.1 Å². The van der Waals surface area contributed by atoms with Crippen LogP contribution in [0.5, 0.6) is 0 Å². The van der Waals surface area contributed by atoms with E-state index >= 15 is 0 Å². The Kier molecular flexibility index (Phi) is 9.44. The Morgan fingerprint density at radius 3 is 2.20 bits per heavy atom. The summed E-state index contributed by atoms with van der Waals surface area (Å²) in [6, 6.07) is 28.4. The van der Waals surface area contributed by atoms with E-state index < -0.39 is 11.9 Å². The molecule has 0 saturated carbocycles. The van der Waals surface area contributed by atoms with Gasteiger partial charge in [0.15, 0.2) is 5.96 Å². The molecule has 4 aromatic carbocycles. The Morgan fingerprint density at radius 1 is 0.750 bits per heavy atom. The third-order valence-corrected chi connectivity index (χ3v) is 6.30. The van der Waals surface area contributed by atoms with Gasteiger partial charge < -0.3 is 27.0 Å². The van der Waals surface area contributed by atoms with Gasteiger partial charge in [-0.15, -0.1) is 0 Å². The van der Waals surface area contributed by atoms with E-state index in [0.29, 0.717) is 30.8 Å². The van der Waals surface area contributed by atoms with Crippen molar-refractivity contribution in [2.24, 2.45) is 5.73 Å². The molecule has 0 bridgehead atoms. The monoisotopic (exact) mass is 536 g/mol. The number of nitrogens with two attached hydrogens (primary N) is 1. The summed E-state index contributed by atoms with van der Waals surface area (Å²) in [4.78, 5) is 39.6. The zero-order valence-electron chi connectivity index (χ0n) is 21.9. The van der Waals surface area contributed by atoms with Gasteiger partial charge in [-0.3, -0.25) is 19.8 Å². The van der Waals surface area contributed by atoms with Crippen molar-refractivity contribution in [3.63, 3.8) is 0 Å². The maximum atomic E-state index is 13.4. The lowest BCUT2D eigenvalue weighted by Gasteiger charge is -2.20. The van der Waals surface area contributed by atoms with Crippen LogP contribution in [0.25, 0.3) is 10.8 Å². The number of anilines is 1. The van der Waals surface area contributed by atoms with Crippen molar-refractivity contribution in [3.8, 4) is 0 Å². The minimum Gasteiger partial charge on any atom is -0.370 e. The quantitative estimate of drug-likeness (QED) is 0.0987. The van der Waals surface area contributed by atoms with Crippen molar-refractivity contribution >= 4 is 40.1 Å². The average Bonchev–Trinajstić information content (AvgIpc) is 2.97. The third kappa shape index (κ3) is 7.67. The van der Waals surface area contributed by atoms with Gasteiger partial charge in [0.2, 0.25) is 5.91 Å². The maximum absolute atomic E-state index is 13.4. The molecular weight excluding hydrogens is 504 g/mol. The molecule has 0 aliphatic heterocycles. The second-order valence-electron chi connectivity index (χ2n) is 9.26. The molecule has 204 valence electrons. The highest BCUT2D eigenvalue weighted by atomic mass is 16.2. The van der Waals surface area contributed by atoms with Crippen molar-refractivity contribution in [2.75, 3.05) is 18.4 Å². The fourth-order valence-electron chi connectivity index (χ4n) is 4.26. The Morgan fingerprint density at radius 2 is 1.43 bits per heavy atom. The number of para-hydroxylation sites is 1. The maximum Gasteiger partial charge on any atom is 0.255 e. The normalized spacial score (nSPS) is 11.3. The molecule has 0 unspecified atom stereocenters. The molecule has 0 aliphatic carbocycles. The van der Waals surface area contributed by atoms with Crippen molar-refractivity contribution in [1.29, 1.82) is 5.41 Å². The lowest BCUT2D eigenvalue weighted by Crippen LogP contribution is -2.48. The van der Waals surface area contributed by atoms with Gasteiger partial charge in [-0.1, -0.05) is 72.8 Å². The first-order chi connectivity index (χ1) is 19.4. The highest BCUT2D eigenvalue weighted by molar-refractivity contribution is 6.10. The molecule has 0 spiro atoms. The molecule has 0 heterocycles. The SMILES string of the molecule is N=C(N)NCCCNC(=O)[C@H](Cc1ccccc1)NC(=O)c1ccccc1NC(=O)c1ccc2ccccc2c1.